The molecule has 1 N–H and O–H groups in total. The van der Waals surface area contributed by atoms with Gasteiger partial charge in [-0.3, -0.25) is 0 Å². The molecule has 0 saturated heterocycles. The molecular weight excluding hydrogens is 202 g/mol. The quantitative estimate of drug-likeness (QED) is 0.815. The third-order valence-corrected chi connectivity index (χ3v) is 3.33. The number of methoxy groups -OCH3 is 1. The minimum atomic E-state index is -3.43. The van der Waals surface area contributed by atoms with Crippen LogP contribution in [0.5, 0.6) is 5.75 Å². The molecule has 0 fully saturated rings. The van der Waals surface area contributed by atoms with Crippen LogP contribution in [0.25, 0.3) is 0 Å². The predicted molar refractivity (Wildman–Crippen MR) is 54.0 cm³/mol. The van der Waals surface area contributed by atoms with E-state index >= 15 is 0 Å². The van der Waals surface area contributed by atoms with Gasteiger partial charge in [0.15, 0.2) is 0 Å². The van der Waals surface area contributed by atoms with Crippen LogP contribution in [-0.2, 0) is 10.0 Å². The summed E-state index contributed by atoms with van der Waals surface area (Å²) >= 11 is 0. The summed E-state index contributed by atoms with van der Waals surface area (Å²) in [6, 6.07) is 4.94. The maximum absolute atomic E-state index is 11.5. The van der Waals surface area contributed by atoms with E-state index in [1.165, 1.54) is 20.2 Å². The van der Waals surface area contributed by atoms with Crippen LogP contribution >= 0.6 is 0 Å². The van der Waals surface area contributed by atoms with Gasteiger partial charge in [0.25, 0.3) is 0 Å². The second-order valence-corrected chi connectivity index (χ2v) is 4.72. The van der Waals surface area contributed by atoms with Gasteiger partial charge in [-0.1, -0.05) is 6.07 Å². The Bertz CT molecular complexity index is 426. The van der Waals surface area contributed by atoms with Crippen LogP contribution in [-0.4, -0.2) is 22.6 Å². The van der Waals surface area contributed by atoms with Crippen molar-refractivity contribution in [2.75, 3.05) is 14.2 Å². The highest BCUT2D eigenvalue weighted by atomic mass is 32.2. The van der Waals surface area contributed by atoms with Crippen molar-refractivity contribution in [3.05, 3.63) is 23.8 Å². The van der Waals surface area contributed by atoms with Gasteiger partial charge >= 0.3 is 0 Å². The van der Waals surface area contributed by atoms with Crippen molar-refractivity contribution >= 4 is 10.0 Å². The summed E-state index contributed by atoms with van der Waals surface area (Å²) < 4.78 is 30.2. The minimum Gasteiger partial charge on any atom is -0.495 e. The summed E-state index contributed by atoms with van der Waals surface area (Å²) in [5.74, 6) is 0.361. The third-order valence-electron chi connectivity index (χ3n) is 1.88. The van der Waals surface area contributed by atoms with Crippen LogP contribution in [0, 0.1) is 6.92 Å². The Morgan fingerprint density at radius 3 is 2.50 bits per heavy atom. The fraction of sp³-hybridized carbons (Fsp3) is 0.333. The first kappa shape index (κ1) is 11.0. The molecule has 78 valence electrons. The molecule has 0 aliphatic carbocycles. The Hall–Kier alpha value is -1.07. The lowest BCUT2D eigenvalue weighted by Crippen LogP contribution is -2.19. The van der Waals surface area contributed by atoms with Crippen molar-refractivity contribution in [1.82, 2.24) is 4.72 Å². The largest absolute Gasteiger partial charge is 0.495 e. The molecule has 0 saturated carbocycles. The standard InChI is InChI=1S/C9H13NO3S/c1-7-4-5-9(8(6-7)13-3)14(11,12)10-2/h4-6,10H,1-3H3. The van der Waals surface area contributed by atoms with Crippen molar-refractivity contribution in [3.8, 4) is 5.75 Å². The van der Waals surface area contributed by atoms with Crippen LogP contribution in [0.3, 0.4) is 0 Å². The molecule has 1 aromatic rings. The molecule has 1 rings (SSSR count). The molecule has 0 bridgehead atoms. The fourth-order valence-electron chi connectivity index (χ4n) is 1.11. The van der Waals surface area contributed by atoms with Gasteiger partial charge in [0.1, 0.15) is 10.6 Å². The molecule has 0 aliphatic rings. The SMILES string of the molecule is CNS(=O)(=O)c1ccc(C)cc1OC. The number of nitrogens with one attached hydrogen (secondary N) is 1. The highest BCUT2D eigenvalue weighted by Crippen LogP contribution is 2.24. The first-order valence-corrected chi connectivity index (χ1v) is 5.58. The second-order valence-electron chi connectivity index (χ2n) is 2.86. The predicted octanol–water partition coefficient (Wildman–Crippen LogP) is 0.912. The van der Waals surface area contributed by atoms with Crippen molar-refractivity contribution in [3.63, 3.8) is 0 Å². The molecule has 0 spiro atoms. The molecule has 5 heteroatoms. The van der Waals surface area contributed by atoms with Crippen molar-refractivity contribution in [2.24, 2.45) is 0 Å². The van der Waals surface area contributed by atoms with Crippen LogP contribution in [0.2, 0.25) is 0 Å². The molecular formula is C9H13NO3S. The van der Waals surface area contributed by atoms with E-state index in [2.05, 4.69) is 4.72 Å². The molecule has 0 atom stereocenters. The summed E-state index contributed by atoms with van der Waals surface area (Å²) in [6.07, 6.45) is 0. The molecule has 4 nitrogen and oxygen atoms in total. The van der Waals surface area contributed by atoms with E-state index < -0.39 is 10.0 Å². The lowest BCUT2D eigenvalue weighted by atomic mass is 10.2. The van der Waals surface area contributed by atoms with Gasteiger partial charge in [0, 0.05) is 0 Å². The van der Waals surface area contributed by atoms with Crippen LogP contribution in [0.4, 0.5) is 0 Å². The minimum absolute atomic E-state index is 0.160. The van der Waals surface area contributed by atoms with Gasteiger partial charge in [0.2, 0.25) is 10.0 Å². The summed E-state index contributed by atoms with van der Waals surface area (Å²) in [5, 5.41) is 0. The number of aryl methyl sites for hydroxylation is 1. The van der Waals surface area contributed by atoms with Gasteiger partial charge in [-0.2, -0.15) is 0 Å². The van der Waals surface area contributed by atoms with Gasteiger partial charge in [0.05, 0.1) is 7.11 Å². The Kier molecular flexibility index (Phi) is 3.13. The molecule has 0 unspecified atom stereocenters. The lowest BCUT2D eigenvalue weighted by Gasteiger charge is -2.08. The number of ether oxygens (including phenoxy) is 1. The van der Waals surface area contributed by atoms with E-state index in [1.54, 1.807) is 12.1 Å². The zero-order chi connectivity index (χ0) is 10.8. The van der Waals surface area contributed by atoms with E-state index in [9.17, 15) is 8.42 Å². The van der Waals surface area contributed by atoms with E-state index in [1.807, 2.05) is 6.92 Å². The van der Waals surface area contributed by atoms with E-state index in [-0.39, 0.29) is 4.90 Å². The second kappa shape index (κ2) is 3.98. The Morgan fingerprint density at radius 1 is 1.36 bits per heavy atom. The highest BCUT2D eigenvalue weighted by Gasteiger charge is 2.16. The normalized spacial score (nSPS) is 11.4. The highest BCUT2D eigenvalue weighted by molar-refractivity contribution is 7.89. The molecule has 0 aliphatic heterocycles. The van der Waals surface area contributed by atoms with Crippen molar-refractivity contribution in [1.29, 1.82) is 0 Å². The number of benzene rings is 1. The van der Waals surface area contributed by atoms with Crippen molar-refractivity contribution in [2.45, 2.75) is 11.8 Å². The average Bonchev–Trinajstić information content (AvgIpc) is 2.17. The maximum atomic E-state index is 11.5. The topological polar surface area (TPSA) is 55.4 Å². The molecule has 14 heavy (non-hydrogen) atoms. The number of hydrogen-bond donors (Lipinski definition) is 1. The van der Waals surface area contributed by atoms with E-state index in [0.717, 1.165) is 5.56 Å². The number of rotatable bonds is 3. The first-order valence-electron chi connectivity index (χ1n) is 4.09. The van der Waals surface area contributed by atoms with Crippen molar-refractivity contribution < 1.29 is 13.2 Å². The molecule has 0 aromatic heterocycles. The van der Waals surface area contributed by atoms with Crippen LogP contribution < -0.4 is 9.46 Å². The van der Waals surface area contributed by atoms with E-state index in [0.29, 0.717) is 5.75 Å². The summed E-state index contributed by atoms with van der Waals surface area (Å²) in [4.78, 5) is 0.160. The summed E-state index contributed by atoms with van der Waals surface area (Å²) in [5.41, 5.74) is 0.955. The maximum Gasteiger partial charge on any atom is 0.243 e. The summed E-state index contributed by atoms with van der Waals surface area (Å²) in [6.45, 7) is 1.87. The lowest BCUT2D eigenvalue weighted by molar-refractivity contribution is 0.402. The molecule has 0 radical (unpaired) electrons. The van der Waals surface area contributed by atoms with Crippen LogP contribution in [0.15, 0.2) is 23.1 Å². The van der Waals surface area contributed by atoms with Gasteiger partial charge in [-0.25, -0.2) is 13.1 Å². The number of hydrogen-bond acceptors (Lipinski definition) is 3. The fourth-order valence-corrected chi connectivity index (χ4v) is 1.98. The van der Waals surface area contributed by atoms with Crippen LogP contribution in [0.1, 0.15) is 5.56 Å². The zero-order valence-electron chi connectivity index (χ0n) is 8.37. The zero-order valence-corrected chi connectivity index (χ0v) is 9.18. The molecule has 0 amide bonds. The summed E-state index contributed by atoms with van der Waals surface area (Å²) in [7, 11) is -0.615. The Morgan fingerprint density at radius 2 is 2.00 bits per heavy atom. The third kappa shape index (κ3) is 2.05. The Balaban J connectivity index is 3.35. The number of sulfonamides is 1. The smallest absolute Gasteiger partial charge is 0.243 e. The molecule has 1 aromatic carbocycles. The monoisotopic (exact) mass is 215 g/mol. The molecule has 0 heterocycles. The first-order chi connectivity index (χ1) is 6.51. The van der Waals surface area contributed by atoms with E-state index in [4.69, 9.17) is 4.74 Å². The average molecular weight is 215 g/mol. The van der Waals surface area contributed by atoms with Gasteiger partial charge in [-0.15, -0.1) is 0 Å². The van der Waals surface area contributed by atoms with Gasteiger partial charge in [-0.05, 0) is 31.7 Å². The van der Waals surface area contributed by atoms with Gasteiger partial charge < -0.3 is 4.74 Å². The Labute approximate surface area is 84.0 Å².